The minimum absolute atomic E-state index is 0.195. The number of aryl methyl sites for hydroxylation is 2. The van der Waals surface area contributed by atoms with E-state index in [4.69, 9.17) is 9.26 Å². The van der Waals surface area contributed by atoms with Crippen LogP contribution in [0.25, 0.3) is 11.4 Å². The van der Waals surface area contributed by atoms with Gasteiger partial charge in [-0.1, -0.05) is 11.6 Å². The lowest BCUT2D eigenvalue weighted by molar-refractivity contribution is 0.297. The number of hydrogen-bond donors (Lipinski definition) is 1. The molecule has 0 spiro atoms. The van der Waals surface area contributed by atoms with Crippen LogP contribution in [0.3, 0.4) is 0 Å². The summed E-state index contributed by atoms with van der Waals surface area (Å²) in [5, 5.41) is 7.56. The number of benzene rings is 1. The maximum absolute atomic E-state index is 5.44. The molecule has 1 aromatic heterocycles. The average Bonchev–Trinajstić information content (AvgIpc) is 2.97. The van der Waals surface area contributed by atoms with Gasteiger partial charge in [-0.2, -0.15) is 4.98 Å². The van der Waals surface area contributed by atoms with Crippen molar-refractivity contribution < 1.29 is 9.26 Å². The lowest BCUT2D eigenvalue weighted by atomic mass is 10.0. The van der Waals surface area contributed by atoms with Gasteiger partial charge in [-0.3, -0.25) is 0 Å². The maximum Gasteiger partial charge on any atom is 0.244 e. The van der Waals surface area contributed by atoms with Crippen molar-refractivity contribution in [1.82, 2.24) is 15.5 Å². The molecule has 1 saturated heterocycles. The van der Waals surface area contributed by atoms with Gasteiger partial charge in [-0.25, -0.2) is 0 Å². The minimum Gasteiger partial charge on any atom is -0.496 e. The molecule has 0 radical (unpaired) electrons. The van der Waals surface area contributed by atoms with Gasteiger partial charge >= 0.3 is 0 Å². The van der Waals surface area contributed by atoms with Crippen molar-refractivity contribution in [3.8, 4) is 17.1 Å². The molecule has 0 bridgehead atoms. The third-order valence-electron chi connectivity index (χ3n) is 3.97. The summed E-state index contributed by atoms with van der Waals surface area (Å²) in [5.41, 5.74) is 3.13. The molecule has 1 aromatic carbocycles. The number of piperidine rings is 1. The molecule has 112 valence electrons. The van der Waals surface area contributed by atoms with E-state index in [1.54, 1.807) is 7.11 Å². The molecule has 1 unspecified atom stereocenters. The summed E-state index contributed by atoms with van der Waals surface area (Å²) >= 11 is 0. The molecule has 2 heterocycles. The van der Waals surface area contributed by atoms with E-state index in [-0.39, 0.29) is 6.04 Å². The SMILES string of the molecule is COc1c(C)cc(-c2noc(C3CCCCN3)n2)cc1C. The van der Waals surface area contributed by atoms with Crippen LogP contribution in [0.4, 0.5) is 0 Å². The van der Waals surface area contributed by atoms with E-state index in [0.717, 1.165) is 35.4 Å². The number of ether oxygens (including phenoxy) is 1. The van der Waals surface area contributed by atoms with Crippen LogP contribution in [-0.2, 0) is 0 Å². The zero-order valence-electron chi connectivity index (χ0n) is 12.8. The number of aromatic nitrogens is 2. The van der Waals surface area contributed by atoms with Gasteiger partial charge in [0.25, 0.3) is 0 Å². The van der Waals surface area contributed by atoms with Gasteiger partial charge in [0.1, 0.15) is 5.75 Å². The molecule has 0 saturated carbocycles. The number of nitrogens with zero attached hydrogens (tertiary/aromatic N) is 2. The highest BCUT2D eigenvalue weighted by Crippen LogP contribution is 2.30. The Morgan fingerprint density at radius 2 is 2.00 bits per heavy atom. The summed E-state index contributed by atoms with van der Waals surface area (Å²) in [7, 11) is 1.69. The van der Waals surface area contributed by atoms with Crippen LogP contribution in [0.2, 0.25) is 0 Å². The van der Waals surface area contributed by atoms with Crippen LogP contribution in [0.15, 0.2) is 16.7 Å². The largest absolute Gasteiger partial charge is 0.496 e. The van der Waals surface area contributed by atoms with Gasteiger partial charge in [-0.05, 0) is 56.5 Å². The first kappa shape index (κ1) is 14.1. The van der Waals surface area contributed by atoms with Gasteiger partial charge in [0.2, 0.25) is 11.7 Å². The molecular formula is C16H21N3O2. The molecule has 1 N–H and O–H groups in total. The topological polar surface area (TPSA) is 60.2 Å². The third-order valence-corrected chi connectivity index (χ3v) is 3.97. The van der Waals surface area contributed by atoms with Crippen molar-refractivity contribution in [3.63, 3.8) is 0 Å². The van der Waals surface area contributed by atoms with E-state index in [9.17, 15) is 0 Å². The monoisotopic (exact) mass is 287 g/mol. The van der Waals surface area contributed by atoms with Crippen LogP contribution in [0, 0.1) is 13.8 Å². The summed E-state index contributed by atoms with van der Waals surface area (Å²) in [6.45, 7) is 5.07. The molecule has 1 fully saturated rings. The van der Waals surface area contributed by atoms with Gasteiger partial charge in [-0.15, -0.1) is 0 Å². The first-order valence-corrected chi connectivity index (χ1v) is 7.41. The molecule has 1 aliphatic rings. The van der Waals surface area contributed by atoms with Gasteiger partial charge in [0.05, 0.1) is 13.2 Å². The number of rotatable bonds is 3. The van der Waals surface area contributed by atoms with Crippen molar-refractivity contribution >= 4 is 0 Å². The van der Waals surface area contributed by atoms with E-state index in [1.165, 1.54) is 12.8 Å². The van der Waals surface area contributed by atoms with Crippen LogP contribution in [0.1, 0.15) is 42.3 Å². The summed E-state index contributed by atoms with van der Waals surface area (Å²) in [6, 6.07) is 4.27. The smallest absolute Gasteiger partial charge is 0.244 e. The quantitative estimate of drug-likeness (QED) is 0.939. The first-order valence-electron chi connectivity index (χ1n) is 7.41. The molecule has 21 heavy (non-hydrogen) atoms. The Labute approximate surface area is 124 Å². The predicted octanol–water partition coefficient (Wildman–Crippen LogP) is 3.18. The number of hydrogen-bond acceptors (Lipinski definition) is 5. The van der Waals surface area contributed by atoms with Crippen molar-refractivity contribution in [3.05, 3.63) is 29.2 Å². The van der Waals surface area contributed by atoms with E-state index in [2.05, 4.69) is 15.5 Å². The number of methoxy groups -OCH3 is 1. The fourth-order valence-corrected chi connectivity index (χ4v) is 2.96. The van der Waals surface area contributed by atoms with Crippen LogP contribution >= 0.6 is 0 Å². The normalized spacial score (nSPS) is 18.7. The highest BCUT2D eigenvalue weighted by Gasteiger charge is 2.21. The predicted molar refractivity (Wildman–Crippen MR) is 80.4 cm³/mol. The Balaban J connectivity index is 1.89. The van der Waals surface area contributed by atoms with Gasteiger partial charge < -0.3 is 14.6 Å². The first-order chi connectivity index (χ1) is 10.2. The van der Waals surface area contributed by atoms with E-state index < -0.39 is 0 Å². The average molecular weight is 287 g/mol. The molecule has 3 rings (SSSR count). The van der Waals surface area contributed by atoms with E-state index >= 15 is 0 Å². The Morgan fingerprint density at radius 1 is 1.24 bits per heavy atom. The Hall–Kier alpha value is -1.88. The second-order valence-electron chi connectivity index (χ2n) is 5.60. The van der Waals surface area contributed by atoms with Crippen molar-refractivity contribution in [2.45, 2.75) is 39.2 Å². The number of nitrogens with one attached hydrogen (secondary N) is 1. The van der Waals surface area contributed by atoms with Crippen LogP contribution < -0.4 is 10.1 Å². The minimum atomic E-state index is 0.195. The summed E-state index contributed by atoms with van der Waals surface area (Å²) in [6.07, 6.45) is 3.48. The Morgan fingerprint density at radius 3 is 2.62 bits per heavy atom. The summed E-state index contributed by atoms with van der Waals surface area (Å²) in [4.78, 5) is 4.56. The van der Waals surface area contributed by atoms with Crippen molar-refractivity contribution in [2.75, 3.05) is 13.7 Å². The second-order valence-corrected chi connectivity index (χ2v) is 5.60. The highest BCUT2D eigenvalue weighted by atomic mass is 16.5. The van der Waals surface area contributed by atoms with Crippen LogP contribution in [0.5, 0.6) is 5.75 Å². The van der Waals surface area contributed by atoms with Gasteiger partial charge in [0, 0.05) is 5.56 Å². The zero-order valence-corrected chi connectivity index (χ0v) is 12.8. The molecule has 1 aliphatic heterocycles. The molecule has 5 nitrogen and oxygen atoms in total. The highest BCUT2D eigenvalue weighted by molar-refractivity contribution is 5.60. The lowest BCUT2D eigenvalue weighted by Gasteiger charge is -2.19. The van der Waals surface area contributed by atoms with E-state index in [0.29, 0.717) is 11.7 Å². The fourth-order valence-electron chi connectivity index (χ4n) is 2.96. The Kier molecular flexibility index (Phi) is 3.92. The summed E-state index contributed by atoms with van der Waals surface area (Å²) in [5.74, 6) is 2.25. The standard InChI is InChI=1S/C16H21N3O2/c1-10-8-12(9-11(2)14(10)20-3)15-18-16(21-19-15)13-6-4-5-7-17-13/h8-9,13,17H,4-7H2,1-3H3. The lowest BCUT2D eigenvalue weighted by Crippen LogP contribution is -2.26. The molecule has 2 aromatic rings. The zero-order chi connectivity index (χ0) is 14.8. The van der Waals surface area contributed by atoms with Crippen LogP contribution in [-0.4, -0.2) is 23.8 Å². The van der Waals surface area contributed by atoms with Crippen molar-refractivity contribution in [1.29, 1.82) is 0 Å². The molecular weight excluding hydrogens is 266 g/mol. The van der Waals surface area contributed by atoms with Crippen molar-refractivity contribution in [2.24, 2.45) is 0 Å². The molecule has 0 aliphatic carbocycles. The summed E-state index contributed by atoms with van der Waals surface area (Å²) < 4.78 is 10.8. The molecule has 1 atom stereocenters. The van der Waals surface area contributed by atoms with Gasteiger partial charge in [0.15, 0.2) is 0 Å². The maximum atomic E-state index is 5.44. The molecule has 5 heteroatoms. The molecule has 0 amide bonds. The third kappa shape index (κ3) is 2.78. The second kappa shape index (κ2) is 5.85. The van der Waals surface area contributed by atoms with E-state index in [1.807, 2.05) is 26.0 Å². The fraction of sp³-hybridized carbons (Fsp3) is 0.500. The Bertz CT molecular complexity index is 607.